The highest BCUT2D eigenvalue weighted by molar-refractivity contribution is 7.91. The molecule has 0 aromatic heterocycles. The topological polar surface area (TPSA) is 66.9 Å². The van der Waals surface area contributed by atoms with Gasteiger partial charge in [-0.1, -0.05) is 0 Å². The second-order valence-electron chi connectivity index (χ2n) is 3.27. The van der Waals surface area contributed by atoms with E-state index >= 15 is 0 Å². The third kappa shape index (κ3) is 5.19. The van der Waals surface area contributed by atoms with Gasteiger partial charge in [0.05, 0.1) is 0 Å². The van der Waals surface area contributed by atoms with Crippen LogP contribution >= 0.6 is 24.8 Å². The Labute approximate surface area is 86.3 Å². The fourth-order valence-corrected chi connectivity index (χ4v) is 2.54. The lowest BCUT2D eigenvalue weighted by Gasteiger charge is -2.32. The Bertz CT molecular complexity index is 212. The van der Waals surface area contributed by atoms with Gasteiger partial charge in [0.25, 0.3) is 0 Å². The Morgan fingerprint density at radius 1 is 1.50 bits per heavy atom. The van der Waals surface area contributed by atoms with Gasteiger partial charge in [0.1, 0.15) is 0 Å². The maximum atomic E-state index is 10.9. The summed E-state index contributed by atoms with van der Waals surface area (Å²) >= 11 is 0. The van der Waals surface area contributed by atoms with Gasteiger partial charge in [-0.25, -0.2) is 0 Å². The summed E-state index contributed by atoms with van der Waals surface area (Å²) in [6, 6.07) is 0.312. The second kappa shape index (κ2) is 5.27. The van der Waals surface area contributed by atoms with Gasteiger partial charge in [0.15, 0.2) is 0 Å². The minimum Gasteiger partial charge on any atom is -0.328 e. The molecule has 0 aromatic carbocycles. The molecular weight excluding hydrogens is 219 g/mol. The molecule has 1 rings (SSSR count). The van der Waals surface area contributed by atoms with E-state index in [4.69, 9.17) is 10.5 Å². The standard InChI is InChI=1S/C6H14N2OS.2ClH/c1-10(8,9)4-5-2-6(7)3-5;;/h5-6,8H,2-4,7H2,1H3;2*1H. The van der Waals surface area contributed by atoms with E-state index in [0.29, 0.717) is 17.7 Å². The van der Waals surface area contributed by atoms with Crippen LogP contribution in [-0.2, 0) is 9.73 Å². The summed E-state index contributed by atoms with van der Waals surface area (Å²) in [6.45, 7) is 0. The molecule has 6 heteroatoms. The number of hydrogen-bond donors (Lipinski definition) is 2. The largest absolute Gasteiger partial charge is 0.328 e. The minimum absolute atomic E-state index is 0. The van der Waals surface area contributed by atoms with Gasteiger partial charge in [-0.2, -0.15) is 0 Å². The van der Waals surface area contributed by atoms with Crippen LogP contribution in [0.4, 0.5) is 0 Å². The zero-order valence-electron chi connectivity index (χ0n) is 6.99. The molecule has 0 aromatic rings. The predicted molar refractivity (Wildman–Crippen MR) is 56.8 cm³/mol. The van der Waals surface area contributed by atoms with E-state index in [1.54, 1.807) is 0 Å². The third-order valence-corrected chi connectivity index (χ3v) is 2.93. The average Bonchev–Trinajstić information content (AvgIpc) is 1.57. The first kappa shape index (κ1) is 15.0. The average molecular weight is 235 g/mol. The van der Waals surface area contributed by atoms with Crippen molar-refractivity contribution in [2.24, 2.45) is 11.7 Å². The molecule has 0 saturated heterocycles. The molecule has 1 fully saturated rings. The number of rotatable bonds is 2. The van der Waals surface area contributed by atoms with Gasteiger partial charge in [0, 0.05) is 27.8 Å². The van der Waals surface area contributed by atoms with E-state index < -0.39 is 9.73 Å². The monoisotopic (exact) mass is 234 g/mol. The Morgan fingerprint density at radius 3 is 2.17 bits per heavy atom. The van der Waals surface area contributed by atoms with Crippen molar-refractivity contribution in [3.05, 3.63) is 0 Å². The van der Waals surface area contributed by atoms with Crippen molar-refractivity contribution in [1.82, 2.24) is 0 Å². The van der Waals surface area contributed by atoms with Gasteiger partial charge in [-0.3, -0.25) is 8.99 Å². The van der Waals surface area contributed by atoms with Crippen LogP contribution in [0.3, 0.4) is 0 Å². The van der Waals surface area contributed by atoms with Crippen LogP contribution in [0.5, 0.6) is 0 Å². The van der Waals surface area contributed by atoms with Crippen molar-refractivity contribution in [3.8, 4) is 0 Å². The molecule has 1 atom stereocenters. The third-order valence-electron chi connectivity index (χ3n) is 1.83. The van der Waals surface area contributed by atoms with Gasteiger partial charge < -0.3 is 5.73 Å². The lowest BCUT2D eigenvalue weighted by molar-refractivity contribution is 0.293. The number of hydrogen-bond acceptors (Lipinski definition) is 3. The first-order valence-corrected chi connectivity index (χ1v) is 5.58. The molecule has 76 valence electrons. The molecule has 3 N–H and O–H groups in total. The molecule has 1 aliphatic rings. The minimum atomic E-state index is -2.26. The maximum Gasteiger partial charge on any atom is 0.0415 e. The Hall–Kier alpha value is 0.490. The van der Waals surface area contributed by atoms with Crippen molar-refractivity contribution < 1.29 is 4.21 Å². The lowest BCUT2D eigenvalue weighted by atomic mass is 9.82. The Balaban J connectivity index is 0. The second-order valence-corrected chi connectivity index (χ2v) is 5.61. The molecule has 0 amide bonds. The summed E-state index contributed by atoms with van der Waals surface area (Å²) in [6.07, 6.45) is 3.42. The molecule has 0 spiro atoms. The number of nitrogens with one attached hydrogen (secondary N) is 1. The molecule has 1 unspecified atom stereocenters. The van der Waals surface area contributed by atoms with E-state index in [9.17, 15) is 4.21 Å². The molecule has 0 bridgehead atoms. The summed E-state index contributed by atoms with van der Waals surface area (Å²) in [7, 11) is -2.26. The molecule has 12 heavy (non-hydrogen) atoms. The van der Waals surface area contributed by atoms with Gasteiger partial charge in [-0.15, -0.1) is 24.8 Å². The Kier molecular flexibility index (Phi) is 6.58. The van der Waals surface area contributed by atoms with Crippen LogP contribution in [-0.4, -0.2) is 22.3 Å². The summed E-state index contributed by atoms with van der Waals surface area (Å²) in [4.78, 5) is 0. The van der Waals surface area contributed by atoms with Crippen LogP contribution in [0.1, 0.15) is 12.8 Å². The van der Waals surface area contributed by atoms with Crippen molar-refractivity contribution in [2.75, 3.05) is 12.0 Å². The van der Waals surface area contributed by atoms with Crippen LogP contribution < -0.4 is 5.73 Å². The van der Waals surface area contributed by atoms with E-state index in [-0.39, 0.29) is 24.8 Å². The smallest absolute Gasteiger partial charge is 0.0415 e. The highest BCUT2D eigenvalue weighted by atomic mass is 35.5. The van der Waals surface area contributed by atoms with Crippen LogP contribution in [0.25, 0.3) is 0 Å². The number of nitrogens with two attached hydrogens (primary N) is 1. The van der Waals surface area contributed by atoms with E-state index in [1.165, 1.54) is 6.26 Å². The quantitative estimate of drug-likeness (QED) is 0.756. The zero-order chi connectivity index (χ0) is 7.78. The van der Waals surface area contributed by atoms with Crippen molar-refractivity contribution >= 4 is 34.5 Å². The molecule has 3 nitrogen and oxygen atoms in total. The highest BCUT2D eigenvalue weighted by Gasteiger charge is 2.27. The fourth-order valence-electron chi connectivity index (χ4n) is 1.37. The van der Waals surface area contributed by atoms with Crippen molar-refractivity contribution in [2.45, 2.75) is 18.9 Å². The first-order chi connectivity index (χ1) is 4.47. The molecule has 0 heterocycles. The first-order valence-electron chi connectivity index (χ1n) is 3.44. The normalized spacial score (nSPS) is 31.8. The van der Waals surface area contributed by atoms with Gasteiger partial charge >= 0.3 is 0 Å². The van der Waals surface area contributed by atoms with Crippen LogP contribution in [0.2, 0.25) is 0 Å². The molecule has 0 radical (unpaired) electrons. The van der Waals surface area contributed by atoms with E-state index in [2.05, 4.69) is 0 Å². The SMILES string of the molecule is CS(=N)(=O)CC1CC(N)C1.Cl.Cl. The van der Waals surface area contributed by atoms with Crippen molar-refractivity contribution in [1.29, 1.82) is 4.78 Å². The van der Waals surface area contributed by atoms with Crippen LogP contribution in [0, 0.1) is 10.7 Å². The summed E-state index contributed by atoms with van der Waals surface area (Å²) in [5.41, 5.74) is 5.53. The maximum absolute atomic E-state index is 10.9. The Morgan fingerprint density at radius 2 is 1.92 bits per heavy atom. The summed E-state index contributed by atoms with van der Waals surface area (Å²) in [5, 5.41) is 0. The predicted octanol–water partition coefficient (Wildman–Crippen LogP) is 1.24. The van der Waals surface area contributed by atoms with Crippen LogP contribution in [0.15, 0.2) is 0 Å². The fraction of sp³-hybridized carbons (Fsp3) is 1.00. The molecule has 1 saturated carbocycles. The van der Waals surface area contributed by atoms with E-state index in [1.807, 2.05) is 0 Å². The summed E-state index contributed by atoms with van der Waals surface area (Å²) < 4.78 is 18.1. The van der Waals surface area contributed by atoms with Gasteiger partial charge in [-0.05, 0) is 18.8 Å². The van der Waals surface area contributed by atoms with Gasteiger partial charge in [0.2, 0.25) is 0 Å². The highest BCUT2D eigenvalue weighted by Crippen LogP contribution is 2.26. The van der Waals surface area contributed by atoms with Crippen molar-refractivity contribution in [3.63, 3.8) is 0 Å². The number of halogens is 2. The molecule has 1 aliphatic carbocycles. The lowest BCUT2D eigenvalue weighted by Crippen LogP contribution is -2.39. The zero-order valence-corrected chi connectivity index (χ0v) is 9.44. The molecular formula is C6H16Cl2N2OS. The van der Waals surface area contributed by atoms with E-state index in [0.717, 1.165) is 12.8 Å². The summed E-state index contributed by atoms with van der Waals surface area (Å²) in [5.74, 6) is 1.01. The molecule has 0 aliphatic heterocycles.